The standard InChI is InChI=1S/C18H18ClN3O/c1-4-14-17(22-10-13(19)6-8-16(22)20-14)18(23)21-15-7-5-11(2)9-12(15)3/h5-10H,4H2,1-3H3,(H,21,23). The highest BCUT2D eigenvalue weighted by Gasteiger charge is 2.19. The van der Waals surface area contributed by atoms with Gasteiger partial charge < -0.3 is 5.32 Å². The normalized spacial score (nSPS) is 11.0. The van der Waals surface area contributed by atoms with E-state index in [0.717, 1.165) is 28.2 Å². The van der Waals surface area contributed by atoms with Gasteiger partial charge in [0.2, 0.25) is 0 Å². The maximum Gasteiger partial charge on any atom is 0.274 e. The highest BCUT2D eigenvalue weighted by molar-refractivity contribution is 6.30. The summed E-state index contributed by atoms with van der Waals surface area (Å²) in [5.41, 5.74) is 5.01. The summed E-state index contributed by atoms with van der Waals surface area (Å²) in [4.78, 5) is 17.3. The van der Waals surface area contributed by atoms with E-state index >= 15 is 0 Å². The first-order valence-corrected chi connectivity index (χ1v) is 7.92. The number of aromatic nitrogens is 2. The van der Waals surface area contributed by atoms with Gasteiger partial charge in [-0.05, 0) is 44.0 Å². The predicted molar refractivity (Wildman–Crippen MR) is 93.4 cm³/mol. The highest BCUT2D eigenvalue weighted by Crippen LogP contribution is 2.21. The van der Waals surface area contributed by atoms with Gasteiger partial charge in [0.05, 0.1) is 10.7 Å². The molecule has 0 atom stereocenters. The number of nitrogens with zero attached hydrogens (tertiary/aromatic N) is 2. The van der Waals surface area contributed by atoms with Crippen LogP contribution in [-0.4, -0.2) is 15.3 Å². The lowest BCUT2D eigenvalue weighted by Crippen LogP contribution is -2.17. The van der Waals surface area contributed by atoms with Crippen LogP contribution >= 0.6 is 11.6 Å². The minimum Gasteiger partial charge on any atom is -0.320 e. The van der Waals surface area contributed by atoms with E-state index < -0.39 is 0 Å². The summed E-state index contributed by atoms with van der Waals surface area (Å²) in [6, 6.07) is 9.53. The van der Waals surface area contributed by atoms with Gasteiger partial charge in [-0.15, -0.1) is 0 Å². The Morgan fingerprint density at radius 2 is 2.04 bits per heavy atom. The third-order valence-electron chi connectivity index (χ3n) is 3.83. The van der Waals surface area contributed by atoms with Gasteiger partial charge in [0.1, 0.15) is 11.3 Å². The Labute approximate surface area is 140 Å². The number of aryl methyl sites for hydroxylation is 3. The fraction of sp³-hybridized carbons (Fsp3) is 0.222. The lowest BCUT2D eigenvalue weighted by molar-refractivity contribution is 0.102. The maximum absolute atomic E-state index is 12.8. The van der Waals surface area contributed by atoms with E-state index in [-0.39, 0.29) is 5.91 Å². The molecular weight excluding hydrogens is 310 g/mol. The summed E-state index contributed by atoms with van der Waals surface area (Å²) in [7, 11) is 0. The van der Waals surface area contributed by atoms with Crippen LogP contribution in [0.5, 0.6) is 0 Å². The monoisotopic (exact) mass is 327 g/mol. The number of nitrogens with one attached hydrogen (secondary N) is 1. The van der Waals surface area contributed by atoms with Crippen LogP contribution in [0.4, 0.5) is 5.69 Å². The lowest BCUT2D eigenvalue weighted by atomic mass is 10.1. The van der Waals surface area contributed by atoms with Crippen molar-refractivity contribution in [2.75, 3.05) is 5.32 Å². The number of hydrogen-bond donors (Lipinski definition) is 1. The number of amides is 1. The number of halogens is 1. The summed E-state index contributed by atoms with van der Waals surface area (Å²) in [6.07, 6.45) is 2.40. The molecule has 3 aromatic rings. The fourth-order valence-corrected chi connectivity index (χ4v) is 2.85. The van der Waals surface area contributed by atoms with Crippen LogP contribution in [0, 0.1) is 13.8 Å². The zero-order valence-electron chi connectivity index (χ0n) is 13.4. The molecular formula is C18H18ClN3O. The van der Waals surface area contributed by atoms with Crippen LogP contribution < -0.4 is 5.32 Å². The van der Waals surface area contributed by atoms with Crippen molar-refractivity contribution in [3.05, 3.63) is 64.1 Å². The summed E-state index contributed by atoms with van der Waals surface area (Å²) in [5.74, 6) is -0.177. The van der Waals surface area contributed by atoms with Crippen molar-refractivity contribution < 1.29 is 4.79 Å². The minimum atomic E-state index is -0.177. The quantitative estimate of drug-likeness (QED) is 0.774. The Balaban J connectivity index is 2.04. The van der Waals surface area contributed by atoms with Gasteiger partial charge in [-0.25, -0.2) is 4.98 Å². The Bertz CT molecular complexity index is 899. The van der Waals surface area contributed by atoms with Gasteiger partial charge in [-0.3, -0.25) is 9.20 Å². The van der Waals surface area contributed by atoms with E-state index in [9.17, 15) is 4.79 Å². The fourth-order valence-electron chi connectivity index (χ4n) is 2.69. The first-order chi connectivity index (χ1) is 11.0. The van der Waals surface area contributed by atoms with Crippen molar-refractivity contribution in [3.8, 4) is 0 Å². The number of carbonyl (C=O) groups excluding carboxylic acids is 1. The van der Waals surface area contributed by atoms with Gasteiger partial charge in [0.25, 0.3) is 5.91 Å². The Morgan fingerprint density at radius 1 is 1.26 bits per heavy atom. The second-order valence-corrected chi connectivity index (χ2v) is 6.05. The smallest absolute Gasteiger partial charge is 0.274 e. The number of imidazole rings is 1. The predicted octanol–water partition coefficient (Wildman–Crippen LogP) is 4.42. The van der Waals surface area contributed by atoms with Crippen LogP contribution in [-0.2, 0) is 6.42 Å². The first-order valence-electron chi connectivity index (χ1n) is 7.54. The summed E-state index contributed by atoms with van der Waals surface area (Å²) in [6.45, 7) is 5.99. The summed E-state index contributed by atoms with van der Waals surface area (Å²) in [5, 5.41) is 3.55. The Kier molecular flexibility index (Phi) is 4.09. The average molecular weight is 328 g/mol. The lowest BCUT2D eigenvalue weighted by Gasteiger charge is -2.10. The Hall–Kier alpha value is -2.33. The average Bonchev–Trinajstić information content (AvgIpc) is 2.87. The van der Waals surface area contributed by atoms with Crippen molar-refractivity contribution >= 4 is 28.8 Å². The molecule has 4 nitrogen and oxygen atoms in total. The van der Waals surface area contributed by atoms with E-state index in [2.05, 4.69) is 10.3 Å². The molecule has 0 aliphatic rings. The Morgan fingerprint density at radius 3 is 2.74 bits per heavy atom. The molecule has 0 unspecified atom stereocenters. The van der Waals surface area contributed by atoms with Crippen LogP contribution in [0.3, 0.4) is 0 Å². The zero-order chi connectivity index (χ0) is 16.6. The molecule has 0 saturated carbocycles. The van der Waals surface area contributed by atoms with Gasteiger partial charge in [0.15, 0.2) is 0 Å². The van der Waals surface area contributed by atoms with Gasteiger partial charge in [0, 0.05) is 11.9 Å². The molecule has 0 saturated heterocycles. The van der Waals surface area contributed by atoms with Gasteiger partial charge >= 0.3 is 0 Å². The molecule has 0 bridgehead atoms. The number of rotatable bonds is 3. The van der Waals surface area contributed by atoms with Crippen molar-refractivity contribution in [1.82, 2.24) is 9.38 Å². The van der Waals surface area contributed by atoms with Crippen molar-refractivity contribution in [2.24, 2.45) is 0 Å². The molecule has 1 amide bonds. The van der Waals surface area contributed by atoms with Crippen LogP contribution in [0.1, 0.15) is 34.2 Å². The molecule has 3 rings (SSSR count). The second-order valence-electron chi connectivity index (χ2n) is 5.61. The third kappa shape index (κ3) is 2.94. The molecule has 2 heterocycles. The molecule has 118 valence electrons. The molecule has 1 N–H and O–H groups in total. The van der Waals surface area contributed by atoms with E-state index in [1.54, 1.807) is 16.7 Å². The highest BCUT2D eigenvalue weighted by atomic mass is 35.5. The van der Waals surface area contributed by atoms with E-state index in [1.807, 2.05) is 45.0 Å². The molecule has 0 aliphatic heterocycles. The van der Waals surface area contributed by atoms with Crippen molar-refractivity contribution in [2.45, 2.75) is 27.2 Å². The SMILES string of the molecule is CCc1nc2ccc(Cl)cn2c1C(=O)Nc1ccc(C)cc1C. The van der Waals surface area contributed by atoms with E-state index in [0.29, 0.717) is 17.1 Å². The number of pyridine rings is 1. The van der Waals surface area contributed by atoms with Gasteiger partial charge in [-0.2, -0.15) is 0 Å². The number of carbonyl (C=O) groups is 1. The molecule has 0 fully saturated rings. The number of fused-ring (bicyclic) bond motifs is 1. The van der Waals surface area contributed by atoms with Crippen molar-refractivity contribution in [3.63, 3.8) is 0 Å². The van der Waals surface area contributed by atoms with Crippen LogP contribution in [0.15, 0.2) is 36.5 Å². The zero-order valence-corrected chi connectivity index (χ0v) is 14.1. The number of benzene rings is 1. The third-order valence-corrected chi connectivity index (χ3v) is 4.06. The largest absolute Gasteiger partial charge is 0.320 e. The van der Waals surface area contributed by atoms with Crippen LogP contribution in [0.2, 0.25) is 5.02 Å². The molecule has 0 aliphatic carbocycles. The second kappa shape index (κ2) is 6.05. The molecule has 23 heavy (non-hydrogen) atoms. The van der Waals surface area contributed by atoms with Crippen LogP contribution in [0.25, 0.3) is 5.65 Å². The topological polar surface area (TPSA) is 46.4 Å². The number of hydrogen-bond acceptors (Lipinski definition) is 2. The summed E-state index contributed by atoms with van der Waals surface area (Å²) >= 11 is 6.07. The number of anilines is 1. The van der Waals surface area contributed by atoms with E-state index in [4.69, 9.17) is 11.6 Å². The summed E-state index contributed by atoms with van der Waals surface area (Å²) < 4.78 is 1.75. The molecule has 5 heteroatoms. The molecule has 2 aromatic heterocycles. The van der Waals surface area contributed by atoms with Crippen molar-refractivity contribution in [1.29, 1.82) is 0 Å². The molecule has 0 spiro atoms. The van der Waals surface area contributed by atoms with E-state index in [1.165, 1.54) is 0 Å². The first kappa shape index (κ1) is 15.6. The maximum atomic E-state index is 12.8. The minimum absolute atomic E-state index is 0.177. The molecule has 1 aromatic carbocycles. The molecule has 0 radical (unpaired) electrons. The van der Waals surface area contributed by atoms with Gasteiger partial charge in [-0.1, -0.05) is 36.2 Å².